The second-order valence-electron chi connectivity index (χ2n) is 1.42. The summed E-state index contributed by atoms with van der Waals surface area (Å²) >= 11 is 0. The van der Waals surface area contributed by atoms with E-state index in [0.29, 0.717) is 0 Å². The van der Waals surface area contributed by atoms with E-state index in [9.17, 15) is 4.39 Å². The molecule has 0 radical (unpaired) electrons. The van der Waals surface area contributed by atoms with Crippen LogP contribution in [0.2, 0.25) is 0 Å². The Kier molecular flexibility index (Phi) is 2.09. The van der Waals surface area contributed by atoms with E-state index < -0.39 is 12.3 Å². The molecular weight excluding hydrogens is 83.0 g/mol. The summed E-state index contributed by atoms with van der Waals surface area (Å²) < 4.78 is 11.6. The van der Waals surface area contributed by atoms with Crippen molar-refractivity contribution in [3.8, 4) is 0 Å². The number of rotatable bonds is 1. The van der Waals surface area contributed by atoms with Crippen molar-refractivity contribution < 1.29 is 9.50 Å². The van der Waals surface area contributed by atoms with Crippen LogP contribution in [0.15, 0.2) is 0 Å². The molecule has 0 aromatic heterocycles. The van der Waals surface area contributed by atoms with Gasteiger partial charge in [-0.05, 0) is 13.8 Å². The highest BCUT2D eigenvalue weighted by molar-refractivity contribution is 4.51. The summed E-state index contributed by atoms with van der Waals surface area (Å²) in [5.74, 6) is 0. The average Bonchev–Trinajstić information content (AvgIpc) is 1.36. The monoisotopic (exact) mass is 92.1 g/mol. The van der Waals surface area contributed by atoms with Gasteiger partial charge in [-0.3, -0.25) is 0 Å². The molecule has 0 rings (SSSR count). The Balaban J connectivity index is 2.99. The molecule has 2 heteroatoms. The van der Waals surface area contributed by atoms with Crippen molar-refractivity contribution in [3.05, 3.63) is 0 Å². The lowest BCUT2D eigenvalue weighted by Crippen LogP contribution is -2.12. The summed E-state index contributed by atoms with van der Waals surface area (Å²) in [6.07, 6.45) is -1.91. The van der Waals surface area contributed by atoms with Crippen LogP contribution in [0.4, 0.5) is 4.39 Å². The second-order valence-corrected chi connectivity index (χ2v) is 1.42. The van der Waals surface area contributed by atoms with Crippen molar-refractivity contribution in [3.63, 3.8) is 0 Å². The molecule has 0 amide bonds. The van der Waals surface area contributed by atoms with Gasteiger partial charge in [0, 0.05) is 0 Å². The van der Waals surface area contributed by atoms with Gasteiger partial charge in [0.15, 0.2) is 0 Å². The zero-order chi connectivity index (χ0) is 5.15. The fourth-order valence-corrected chi connectivity index (χ4v) is 0. The van der Waals surface area contributed by atoms with Gasteiger partial charge >= 0.3 is 0 Å². The Labute approximate surface area is 36.8 Å². The van der Waals surface area contributed by atoms with Crippen LogP contribution in [0.25, 0.3) is 0 Å². The predicted molar refractivity (Wildman–Crippen MR) is 22.3 cm³/mol. The predicted octanol–water partition coefficient (Wildman–Crippen LogP) is 0.725. The maximum atomic E-state index is 11.6. The Hall–Kier alpha value is -0.110. The lowest BCUT2D eigenvalue weighted by molar-refractivity contribution is 0.104. The second kappa shape index (κ2) is 2.13. The topological polar surface area (TPSA) is 20.2 Å². The fraction of sp³-hybridized carbons (Fsp3) is 1.00. The van der Waals surface area contributed by atoms with Gasteiger partial charge in [-0.1, -0.05) is 0 Å². The first kappa shape index (κ1) is 5.89. The van der Waals surface area contributed by atoms with Crippen LogP contribution in [0, 0.1) is 0 Å². The number of halogens is 1. The van der Waals surface area contributed by atoms with Gasteiger partial charge in [0.1, 0.15) is 6.17 Å². The Morgan fingerprint density at radius 1 is 1.50 bits per heavy atom. The van der Waals surface area contributed by atoms with E-state index in [4.69, 9.17) is 5.11 Å². The van der Waals surface area contributed by atoms with Gasteiger partial charge in [-0.2, -0.15) is 0 Å². The first-order valence-electron chi connectivity index (χ1n) is 1.96. The van der Waals surface area contributed by atoms with Crippen molar-refractivity contribution in [2.75, 3.05) is 0 Å². The molecule has 0 saturated heterocycles. The molecule has 0 aliphatic carbocycles. The summed E-state index contributed by atoms with van der Waals surface area (Å²) in [5.41, 5.74) is 0. The third kappa shape index (κ3) is 2.15. The highest BCUT2D eigenvalue weighted by Gasteiger charge is 2.02. The van der Waals surface area contributed by atoms with E-state index >= 15 is 0 Å². The zero-order valence-electron chi connectivity index (χ0n) is 3.98. The SMILES string of the molecule is CC(O)[C@@H](C)F. The summed E-state index contributed by atoms with van der Waals surface area (Å²) in [6.45, 7) is 2.75. The Bertz CT molecular complexity index is 28.5. The molecule has 2 atom stereocenters. The van der Waals surface area contributed by atoms with Crippen LogP contribution in [0.5, 0.6) is 0 Å². The summed E-state index contributed by atoms with van der Waals surface area (Å²) in [5, 5.41) is 8.25. The van der Waals surface area contributed by atoms with Crippen molar-refractivity contribution in [2.45, 2.75) is 26.1 Å². The van der Waals surface area contributed by atoms with Crippen molar-refractivity contribution in [1.82, 2.24) is 0 Å². The van der Waals surface area contributed by atoms with E-state index in [2.05, 4.69) is 0 Å². The summed E-state index contributed by atoms with van der Waals surface area (Å²) in [7, 11) is 0. The van der Waals surface area contributed by atoms with Gasteiger partial charge in [0.25, 0.3) is 0 Å². The highest BCUT2D eigenvalue weighted by atomic mass is 19.1. The lowest BCUT2D eigenvalue weighted by Gasteiger charge is -2.00. The van der Waals surface area contributed by atoms with Gasteiger partial charge in [-0.25, -0.2) is 4.39 Å². The number of hydrogen-bond donors (Lipinski definition) is 1. The molecule has 1 nitrogen and oxygen atoms in total. The molecule has 0 bridgehead atoms. The van der Waals surface area contributed by atoms with Gasteiger partial charge in [0.05, 0.1) is 6.10 Å². The molecule has 0 aliphatic heterocycles. The fourth-order valence-electron chi connectivity index (χ4n) is 0. The standard InChI is InChI=1S/C4H9FO/c1-3(5)4(2)6/h3-4,6H,1-2H3/t3-,4?/m1/s1. The van der Waals surface area contributed by atoms with E-state index in [1.807, 2.05) is 0 Å². The molecule has 0 fully saturated rings. The summed E-state index contributed by atoms with van der Waals surface area (Å²) in [4.78, 5) is 0. The number of alkyl halides is 1. The van der Waals surface area contributed by atoms with E-state index in [0.717, 1.165) is 0 Å². The van der Waals surface area contributed by atoms with Gasteiger partial charge in [-0.15, -0.1) is 0 Å². The first-order chi connectivity index (χ1) is 2.64. The Morgan fingerprint density at radius 3 is 1.67 bits per heavy atom. The molecule has 6 heavy (non-hydrogen) atoms. The van der Waals surface area contributed by atoms with Crippen LogP contribution in [0.3, 0.4) is 0 Å². The minimum atomic E-state index is -1.09. The van der Waals surface area contributed by atoms with Gasteiger partial charge < -0.3 is 5.11 Å². The van der Waals surface area contributed by atoms with Gasteiger partial charge in [0.2, 0.25) is 0 Å². The molecular formula is C4H9FO. The molecule has 1 N–H and O–H groups in total. The summed E-state index contributed by atoms with van der Waals surface area (Å²) in [6, 6.07) is 0. The molecule has 0 saturated carbocycles. The number of hydrogen-bond acceptors (Lipinski definition) is 1. The molecule has 0 spiro atoms. The molecule has 0 aromatic rings. The average molecular weight is 92.1 g/mol. The largest absolute Gasteiger partial charge is 0.390 e. The lowest BCUT2D eigenvalue weighted by atomic mass is 10.3. The molecule has 0 aliphatic rings. The molecule has 38 valence electrons. The maximum Gasteiger partial charge on any atom is 0.123 e. The minimum Gasteiger partial charge on any atom is -0.390 e. The van der Waals surface area contributed by atoms with Crippen molar-refractivity contribution >= 4 is 0 Å². The molecule has 0 heterocycles. The van der Waals surface area contributed by atoms with E-state index in [-0.39, 0.29) is 0 Å². The van der Waals surface area contributed by atoms with Crippen molar-refractivity contribution in [1.29, 1.82) is 0 Å². The number of aliphatic hydroxyl groups excluding tert-OH is 1. The van der Waals surface area contributed by atoms with Crippen LogP contribution >= 0.6 is 0 Å². The zero-order valence-corrected chi connectivity index (χ0v) is 3.98. The highest BCUT2D eigenvalue weighted by Crippen LogP contribution is 1.92. The van der Waals surface area contributed by atoms with Crippen LogP contribution in [0.1, 0.15) is 13.8 Å². The van der Waals surface area contributed by atoms with E-state index in [1.54, 1.807) is 0 Å². The quantitative estimate of drug-likeness (QED) is 0.505. The first-order valence-corrected chi connectivity index (χ1v) is 1.96. The third-order valence-corrected chi connectivity index (χ3v) is 0.665. The Morgan fingerprint density at radius 2 is 1.67 bits per heavy atom. The van der Waals surface area contributed by atoms with Crippen LogP contribution < -0.4 is 0 Å². The maximum absolute atomic E-state index is 11.6. The molecule has 0 aromatic carbocycles. The normalized spacial score (nSPS) is 20.0. The minimum absolute atomic E-state index is 0.815. The third-order valence-electron chi connectivity index (χ3n) is 0.665. The van der Waals surface area contributed by atoms with E-state index in [1.165, 1.54) is 13.8 Å². The van der Waals surface area contributed by atoms with Crippen LogP contribution in [-0.4, -0.2) is 17.4 Å². The van der Waals surface area contributed by atoms with Crippen molar-refractivity contribution in [2.24, 2.45) is 0 Å². The number of aliphatic hydroxyl groups is 1. The van der Waals surface area contributed by atoms with Crippen LogP contribution in [-0.2, 0) is 0 Å². The smallest absolute Gasteiger partial charge is 0.123 e. The molecule has 1 unspecified atom stereocenters.